The number of rotatable bonds is 6. The second-order valence-electron chi connectivity index (χ2n) is 6.75. The van der Waals surface area contributed by atoms with Gasteiger partial charge in [0.15, 0.2) is 0 Å². The molecule has 6 nitrogen and oxygen atoms in total. The molecular weight excluding hydrogens is 469 g/mol. The second-order valence-corrected chi connectivity index (χ2v) is 9.24. The Morgan fingerprint density at radius 1 is 1.00 bits per heavy atom. The van der Waals surface area contributed by atoms with Crippen LogP contribution in [0.25, 0.3) is 6.08 Å². The van der Waals surface area contributed by atoms with Crippen LogP contribution in [0, 0.1) is 18.3 Å². The average molecular weight is 486 g/mol. The topological polar surface area (TPSA) is 99.1 Å². The number of aryl methyl sites for hydroxylation is 1. The Hall–Kier alpha value is -3.31. The molecule has 0 atom stereocenters. The van der Waals surface area contributed by atoms with Crippen molar-refractivity contribution in [2.75, 3.05) is 10.0 Å². The van der Waals surface area contributed by atoms with Crippen LogP contribution in [0.1, 0.15) is 11.1 Å². The number of carbonyl (C=O) groups is 1. The van der Waals surface area contributed by atoms with Crippen LogP contribution < -0.4 is 10.0 Å². The molecule has 0 saturated heterocycles. The molecule has 9 heteroatoms. The summed E-state index contributed by atoms with van der Waals surface area (Å²) >= 11 is 12.2. The standard InChI is InChI=1S/C23H17Cl2N3O3S/c1-15-7-8-18(12-21(15)25)28-32(30,31)19-9-10-20(24)22(13-19)27-23(29)17(14-26)11-16-5-3-2-4-6-16/h2-13,28H,1H3,(H,27,29)/b17-11-. The molecule has 0 fully saturated rings. The number of nitrogens with zero attached hydrogens (tertiary/aromatic N) is 1. The summed E-state index contributed by atoms with van der Waals surface area (Å²) in [7, 11) is -3.99. The molecule has 0 aliphatic heterocycles. The maximum atomic E-state index is 12.8. The molecule has 162 valence electrons. The largest absolute Gasteiger partial charge is 0.320 e. The number of anilines is 2. The monoisotopic (exact) mass is 485 g/mol. The van der Waals surface area contributed by atoms with Gasteiger partial charge in [0.1, 0.15) is 11.6 Å². The summed E-state index contributed by atoms with van der Waals surface area (Å²) < 4.78 is 28.0. The molecule has 0 aliphatic rings. The first-order chi connectivity index (χ1) is 15.2. The van der Waals surface area contributed by atoms with E-state index in [1.54, 1.807) is 43.3 Å². The zero-order chi connectivity index (χ0) is 23.3. The number of nitriles is 1. The predicted octanol–water partition coefficient (Wildman–Crippen LogP) is 5.65. The van der Waals surface area contributed by atoms with E-state index in [2.05, 4.69) is 10.0 Å². The summed E-state index contributed by atoms with van der Waals surface area (Å²) in [6.07, 6.45) is 1.42. The minimum Gasteiger partial charge on any atom is -0.320 e. The summed E-state index contributed by atoms with van der Waals surface area (Å²) in [6.45, 7) is 1.80. The highest BCUT2D eigenvalue weighted by Gasteiger charge is 2.18. The number of amides is 1. The quantitative estimate of drug-likeness (QED) is 0.348. The van der Waals surface area contributed by atoms with Crippen LogP contribution in [0.5, 0.6) is 0 Å². The van der Waals surface area contributed by atoms with Gasteiger partial charge in [-0.15, -0.1) is 0 Å². The molecule has 1 amide bonds. The number of halogens is 2. The van der Waals surface area contributed by atoms with Crippen molar-refractivity contribution in [2.45, 2.75) is 11.8 Å². The minimum atomic E-state index is -3.99. The molecule has 0 bridgehead atoms. The van der Waals surface area contributed by atoms with E-state index in [-0.39, 0.29) is 21.2 Å². The summed E-state index contributed by atoms with van der Waals surface area (Å²) in [5, 5.41) is 12.4. The van der Waals surface area contributed by atoms with Crippen LogP contribution in [0.4, 0.5) is 11.4 Å². The van der Waals surface area contributed by atoms with Gasteiger partial charge >= 0.3 is 0 Å². The van der Waals surface area contributed by atoms with Gasteiger partial charge in [0, 0.05) is 5.02 Å². The molecule has 0 aromatic heterocycles. The fourth-order valence-electron chi connectivity index (χ4n) is 2.69. The first kappa shape index (κ1) is 23.4. The Bertz CT molecular complexity index is 1350. The van der Waals surface area contributed by atoms with Crippen LogP contribution in [-0.4, -0.2) is 14.3 Å². The van der Waals surface area contributed by atoms with Crippen LogP contribution in [0.2, 0.25) is 10.0 Å². The summed E-state index contributed by atoms with van der Waals surface area (Å²) in [4.78, 5) is 12.5. The molecule has 3 rings (SSSR count). The van der Waals surface area contributed by atoms with Crippen molar-refractivity contribution in [3.63, 3.8) is 0 Å². The van der Waals surface area contributed by atoms with Crippen molar-refractivity contribution >= 4 is 56.6 Å². The van der Waals surface area contributed by atoms with E-state index in [0.717, 1.165) is 5.56 Å². The molecule has 0 saturated carbocycles. The molecule has 0 aliphatic carbocycles. The lowest BCUT2D eigenvalue weighted by atomic mass is 10.1. The van der Waals surface area contributed by atoms with Crippen LogP contribution in [-0.2, 0) is 14.8 Å². The van der Waals surface area contributed by atoms with Gasteiger partial charge in [0.05, 0.1) is 21.3 Å². The zero-order valence-electron chi connectivity index (χ0n) is 16.8. The highest BCUT2D eigenvalue weighted by atomic mass is 35.5. The zero-order valence-corrected chi connectivity index (χ0v) is 19.1. The third-order valence-electron chi connectivity index (χ3n) is 4.40. The van der Waals surface area contributed by atoms with Crippen LogP contribution in [0.3, 0.4) is 0 Å². The Labute approximate surface area is 196 Å². The summed E-state index contributed by atoms with van der Waals surface area (Å²) in [5.41, 5.74) is 1.66. The number of hydrogen-bond acceptors (Lipinski definition) is 4. The summed E-state index contributed by atoms with van der Waals surface area (Å²) in [5.74, 6) is -0.717. The molecule has 32 heavy (non-hydrogen) atoms. The van der Waals surface area contributed by atoms with E-state index in [1.165, 1.54) is 30.3 Å². The molecule has 0 heterocycles. The van der Waals surface area contributed by atoms with E-state index >= 15 is 0 Å². The van der Waals surface area contributed by atoms with Crippen LogP contribution >= 0.6 is 23.2 Å². The highest BCUT2D eigenvalue weighted by Crippen LogP contribution is 2.28. The fraction of sp³-hybridized carbons (Fsp3) is 0.0435. The van der Waals surface area contributed by atoms with E-state index in [0.29, 0.717) is 16.3 Å². The van der Waals surface area contributed by atoms with Gasteiger partial charge in [0.2, 0.25) is 0 Å². The van der Waals surface area contributed by atoms with E-state index in [4.69, 9.17) is 23.2 Å². The lowest BCUT2D eigenvalue weighted by molar-refractivity contribution is -0.112. The summed E-state index contributed by atoms with van der Waals surface area (Å²) in [6, 6.07) is 19.3. The lowest BCUT2D eigenvalue weighted by Gasteiger charge is -2.12. The third-order valence-corrected chi connectivity index (χ3v) is 6.51. The first-order valence-corrected chi connectivity index (χ1v) is 11.5. The van der Waals surface area contributed by atoms with Crippen molar-refractivity contribution in [1.29, 1.82) is 5.26 Å². The molecular formula is C23H17Cl2N3O3S. The van der Waals surface area contributed by atoms with E-state index in [1.807, 2.05) is 12.1 Å². The van der Waals surface area contributed by atoms with E-state index < -0.39 is 15.9 Å². The highest BCUT2D eigenvalue weighted by molar-refractivity contribution is 7.92. The van der Waals surface area contributed by atoms with Gasteiger partial charge in [0.25, 0.3) is 15.9 Å². The van der Waals surface area contributed by atoms with Crippen molar-refractivity contribution in [3.05, 3.63) is 93.5 Å². The maximum absolute atomic E-state index is 12.8. The van der Waals surface area contributed by atoms with E-state index in [9.17, 15) is 18.5 Å². The molecule has 0 radical (unpaired) electrons. The van der Waals surface area contributed by atoms with Gasteiger partial charge < -0.3 is 5.32 Å². The Morgan fingerprint density at radius 2 is 1.72 bits per heavy atom. The molecule has 0 unspecified atom stereocenters. The van der Waals surface area contributed by atoms with Crippen molar-refractivity contribution < 1.29 is 13.2 Å². The van der Waals surface area contributed by atoms with Gasteiger partial charge in [-0.1, -0.05) is 59.6 Å². The third kappa shape index (κ3) is 5.68. The molecule has 0 spiro atoms. The average Bonchev–Trinajstić information content (AvgIpc) is 2.76. The SMILES string of the molecule is Cc1ccc(NS(=O)(=O)c2ccc(Cl)c(NC(=O)/C(C#N)=C\c3ccccc3)c2)cc1Cl. The molecule has 3 aromatic carbocycles. The van der Waals surface area contributed by atoms with Crippen molar-refractivity contribution in [1.82, 2.24) is 0 Å². The Morgan fingerprint density at radius 3 is 2.38 bits per heavy atom. The maximum Gasteiger partial charge on any atom is 0.266 e. The smallest absolute Gasteiger partial charge is 0.266 e. The molecule has 3 aromatic rings. The molecule has 2 N–H and O–H groups in total. The van der Waals surface area contributed by atoms with Crippen LogP contribution in [0.15, 0.2) is 77.2 Å². The Balaban J connectivity index is 1.86. The lowest BCUT2D eigenvalue weighted by Crippen LogP contribution is -2.16. The number of sulfonamides is 1. The van der Waals surface area contributed by atoms with Crippen molar-refractivity contribution in [3.8, 4) is 6.07 Å². The number of benzene rings is 3. The first-order valence-electron chi connectivity index (χ1n) is 9.26. The normalized spacial score (nSPS) is 11.5. The predicted molar refractivity (Wildman–Crippen MR) is 127 cm³/mol. The second kappa shape index (κ2) is 9.88. The fourth-order valence-corrected chi connectivity index (χ4v) is 4.11. The van der Waals surface area contributed by atoms with Gasteiger partial charge in [-0.25, -0.2) is 8.42 Å². The van der Waals surface area contributed by atoms with Gasteiger partial charge in [-0.05, 0) is 54.5 Å². The number of nitrogens with one attached hydrogen (secondary N) is 2. The van der Waals surface area contributed by atoms with Crippen molar-refractivity contribution in [2.24, 2.45) is 0 Å². The minimum absolute atomic E-state index is 0.0516. The Kier molecular flexibility index (Phi) is 7.21. The van der Waals surface area contributed by atoms with Gasteiger partial charge in [-0.2, -0.15) is 5.26 Å². The number of carbonyl (C=O) groups excluding carboxylic acids is 1. The number of hydrogen-bond donors (Lipinski definition) is 2. The van der Waals surface area contributed by atoms with Gasteiger partial charge in [-0.3, -0.25) is 9.52 Å².